The van der Waals surface area contributed by atoms with Gasteiger partial charge in [0.05, 0.1) is 0 Å². The van der Waals surface area contributed by atoms with E-state index in [-0.39, 0.29) is 11.3 Å². The van der Waals surface area contributed by atoms with E-state index in [0.29, 0.717) is 0 Å². The first-order chi connectivity index (χ1) is 11.4. The standard InChI is InChI=1S/C22H25NO/c1-22(2,3)19-13-10-17(11-14-19)12-15-21(24)23-16-6-8-18-7-4-5-9-20(18)23/h4-5,7,9-15H,6,8,16H2,1-3H3. The maximum absolute atomic E-state index is 12.6. The van der Waals surface area contributed by atoms with Crippen LogP contribution in [0.1, 0.15) is 43.9 Å². The van der Waals surface area contributed by atoms with Gasteiger partial charge in [-0.3, -0.25) is 4.79 Å². The van der Waals surface area contributed by atoms with E-state index >= 15 is 0 Å². The molecular formula is C22H25NO. The van der Waals surface area contributed by atoms with Crippen LogP contribution in [0.3, 0.4) is 0 Å². The van der Waals surface area contributed by atoms with Crippen LogP contribution in [0.25, 0.3) is 6.08 Å². The van der Waals surface area contributed by atoms with Crippen LogP contribution in [0.4, 0.5) is 5.69 Å². The van der Waals surface area contributed by atoms with Gasteiger partial charge in [-0.25, -0.2) is 0 Å². The molecule has 0 saturated heterocycles. The van der Waals surface area contributed by atoms with Gasteiger partial charge in [0.2, 0.25) is 0 Å². The average molecular weight is 319 g/mol. The SMILES string of the molecule is CC(C)(C)c1ccc(C=CC(=O)N2CCCc3ccccc32)cc1. The molecule has 2 nitrogen and oxygen atoms in total. The number of para-hydroxylation sites is 1. The van der Waals surface area contributed by atoms with Crippen molar-refractivity contribution >= 4 is 17.7 Å². The molecule has 0 bridgehead atoms. The quantitative estimate of drug-likeness (QED) is 0.715. The topological polar surface area (TPSA) is 20.3 Å². The molecule has 0 saturated carbocycles. The molecule has 1 aliphatic heterocycles. The lowest BCUT2D eigenvalue weighted by molar-refractivity contribution is -0.114. The summed E-state index contributed by atoms with van der Waals surface area (Å²) in [4.78, 5) is 14.5. The van der Waals surface area contributed by atoms with Gasteiger partial charge in [0.1, 0.15) is 0 Å². The van der Waals surface area contributed by atoms with Crippen LogP contribution in [0.2, 0.25) is 0 Å². The Morgan fingerprint density at radius 3 is 2.46 bits per heavy atom. The molecule has 1 aliphatic rings. The Morgan fingerprint density at radius 1 is 1.04 bits per heavy atom. The molecule has 24 heavy (non-hydrogen) atoms. The maximum atomic E-state index is 12.6. The van der Waals surface area contributed by atoms with Gasteiger partial charge in [-0.15, -0.1) is 0 Å². The summed E-state index contributed by atoms with van der Waals surface area (Å²) < 4.78 is 0. The number of anilines is 1. The second kappa shape index (κ2) is 6.64. The van der Waals surface area contributed by atoms with Crippen molar-refractivity contribution in [3.8, 4) is 0 Å². The van der Waals surface area contributed by atoms with Gasteiger partial charge < -0.3 is 4.90 Å². The number of amides is 1. The number of carbonyl (C=O) groups is 1. The van der Waals surface area contributed by atoms with Crippen molar-refractivity contribution in [3.63, 3.8) is 0 Å². The average Bonchev–Trinajstić information content (AvgIpc) is 2.59. The highest BCUT2D eigenvalue weighted by Crippen LogP contribution is 2.27. The zero-order valence-corrected chi connectivity index (χ0v) is 14.8. The third kappa shape index (κ3) is 3.59. The fourth-order valence-corrected chi connectivity index (χ4v) is 3.11. The zero-order chi connectivity index (χ0) is 17.2. The van der Waals surface area contributed by atoms with Crippen LogP contribution < -0.4 is 4.90 Å². The lowest BCUT2D eigenvalue weighted by Gasteiger charge is -2.28. The molecule has 0 spiro atoms. The highest BCUT2D eigenvalue weighted by molar-refractivity contribution is 6.04. The monoisotopic (exact) mass is 319 g/mol. The highest BCUT2D eigenvalue weighted by atomic mass is 16.2. The lowest BCUT2D eigenvalue weighted by Crippen LogP contribution is -2.34. The van der Waals surface area contributed by atoms with Crippen molar-refractivity contribution in [1.82, 2.24) is 0 Å². The van der Waals surface area contributed by atoms with E-state index in [9.17, 15) is 4.79 Å². The smallest absolute Gasteiger partial charge is 0.250 e. The fraction of sp³-hybridized carbons (Fsp3) is 0.318. The number of carbonyl (C=O) groups excluding carboxylic acids is 1. The first-order valence-corrected chi connectivity index (χ1v) is 8.63. The minimum atomic E-state index is 0.0575. The summed E-state index contributed by atoms with van der Waals surface area (Å²) in [7, 11) is 0. The van der Waals surface area contributed by atoms with Crippen molar-refractivity contribution in [2.24, 2.45) is 0 Å². The van der Waals surface area contributed by atoms with E-state index in [1.807, 2.05) is 29.2 Å². The van der Waals surface area contributed by atoms with Gasteiger partial charge in [-0.1, -0.05) is 63.2 Å². The molecule has 0 fully saturated rings. The van der Waals surface area contributed by atoms with E-state index in [4.69, 9.17) is 0 Å². The third-order valence-electron chi connectivity index (χ3n) is 4.57. The van der Waals surface area contributed by atoms with Crippen LogP contribution in [-0.2, 0) is 16.6 Å². The number of nitrogens with zero attached hydrogens (tertiary/aromatic N) is 1. The van der Waals surface area contributed by atoms with Crippen molar-refractivity contribution in [1.29, 1.82) is 0 Å². The predicted octanol–water partition coefficient (Wildman–Crippen LogP) is 4.98. The number of benzene rings is 2. The Labute approximate surface area is 144 Å². The molecule has 0 unspecified atom stereocenters. The predicted molar refractivity (Wildman–Crippen MR) is 101 cm³/mol. The van der Waals surface area contributed by atoms with Gasteiger partial charge in [-0.05, 0) is 47.1 Å². The number of hydrogen-bond acceptors (Lipinski definition) is 1. The molecule has 2 heteroatoms. The second-order valence-electron chi connectivity index (χ2n) is 7.43. The Kier molecular flexibility index (Phi) is 4.57. The third-order valence-corrected chi connectivity index (χ3v) is 4.57. The molecule has 2 aromatic rings. The Hall–Kier alpha value is -2.35. The Bertz CT molecular complexity index is 750. The van der Waals surface area contributed by atoms with E-state index in [1.54, 1.807) is 6.08 Å². The fourth-order valence-electron chi connectivity index (χ4n) is 3.11. The molecule has 1 amide bonds. The maximum Gasteiger partial charge on any atom is 0.250 e. The first-order valence-electron chi connectivity index (χ1n) is 8.63. The summed E-state index contributed by atoms with van der Waals surface area (Å²) in [5.41, 5.74) is 4.83. The van der Waals surface area contributed by atoms with Crippen molar-refractivity contribution < 1.29 is 4.79 Å². The molecule has 0 aromatic heterocycles. The van der Waals surface area contributed by atoms with E-state index < -0.39 is 0 Å². The van der Waals surface area contributed by atoms with Crippen LogP contribution in [0.15, 0.2) is 54.6 Å². The van der Waals surface area contributed by atoms with Gasteiger partial charge in [0, 0.05) is 18.3 Å². The van der Waals surface area contributed by atoms with Crippen LogP contribution in [0, 0.1) is 0 Å². The van der Waals surface area contributed by atoms with Crippen molar-refractivity contribution in [2.75, 3.05) is 11.4 Å². The first kappa shape index (κ1) is 16.5. The summed E-state index contributed by atoms with van der Waals surface area (Å²) in [5, 5.41) is 0. The van der Waals surface area contributed by atoms with Crippen LogP contribution in [-0.4, -0.2) is 12.5 Å². The van der Waals surface area contributed by atoms with Gasteiger partial charge in [0.15, 0.2) is 0 Å². The summed E-state index contributed by atoms with van der Waals surface area (Å²) >= 11 is 0. The Balaban J connectivity index is 1.75. The summed E-state index contributed by atoms with van der Waals surface area (Å²) in [5.74, 6) is 0.0575. The van der Waals surface area contributed by atoms with Crippen LogP contribution >= 0.6 is 0 Å². The summed E-state index contributed by atoms with van der Waals surface area (Å²) in [6.07, 6.45) is 5.68. The molecule has 0 radical (unpaired) electrons. The van der Waals surface area contributed by atoms with Gasteiger partial charge in [0.25, 0.3) is 5.91 Å². The zero-order valence-electron chi connectivity index (χ0n) is 14.8. The largest absolute Gasteiger partial charge is 0.309 e. The summed E-state index contributed by atoms with van der Waals surface area (Å²) in [6.45, 7) is 7.41. The van der Waals surface area contributed by atoms with Crippen LogP contribution in [0.5, 0.6) is 0 Å². The van der Waals surface area contributed by atoms with E-state index in [1.165, 1.54) is 11.1 Å². The molecule has 0 aliphatic carbocycles. The number of rotatable bonds is 2. The number of hydrogen-bond donors (Lipinski definition) is 0. The van der Waals surface area contributed by atoms with Gasteiger partial charge >= 0.3 is 0 Å². The normalized spacial score (nSPS) is 14.7. The molecule has 0 N–H and O–H groups in total. The molecule has 1 heterocycles. The minimum absolute atomic E-state index is 0.0575. The molecule has 2 aromatic carbocycles. The van der Waals surface area contributed by atoms with Crippen molar-refractivity contribution in [2.45, 2.75) is 39.0 Å². The Morgan fingerprint density at radius 2 is 1.75 bits per heavy atom. The lowest BCUT2D eigenvalue weighted by atomic mass is 9.87. The highest BCUT2D eigenvalue weighted by Gasteiger charge is 2.20. The van der Waals surface area contributed by atoms with Gasteiger partial charge in [-0.2, -0.15) is 0 Å². The molecular weight excluding hydrogens is 294 g/mol. The molecule has 0 atom stereocenters. The summed E-state index contributed by atoms with van der Waals surface area (Å²) in [6, 6.07) is 16.6. The molecule has 124 valence electrons. The minimum Gasteiger partial charge on any atom is -0.309 e. The number of fused-ring (bicyclic) bond motifs is 1. The second-order valence-corrected chi connectivity index (χ2v) is 7.43. The molecule has 3 rings (SSSR count). The number of aryl methyl sites for hydroxylation is 1. The van der Waals surface area contributed by atoms with E-state index in [0.717, 1.165) is 30.6 Å². The van der Waals surface area contributed by atoms with Crippen molar-refractivity contribution in [3.05, 3.63) is 71.3 Å². The van der Waals surface area contributed by atoms with E-state index in [2.05, 4.69) is 51.1 Å².